The molecule has 3 rings (SSSR count). The predicted octanol–water partition coefficient (Wildman–Crippen LogP) is 3.23. The number of aromatic carboxylic acids is 1. The van der Waals surface area contributed by atoms with Gasteiger partial charge in [-0.2, -0.15) is 5.10 Å². The Morgan fingerprint density at radius 2 is 1.93 bits per heavy atom. The molecule has 27 heavy (non-hydrogen) atoms. The highest BCUT2D eigenvalue weighted by molar-refractivity contribution is 6.03. The summed E-state index contributed by atoms with van der Waals surface area (Å²) in [4.78, 5) is 28.6. The molecule has 142 valence electrons. The van der Waals surface area contributed by atoms with Crippen LogP contribution in [0.2, 0.25) is 0 Å². The number of carboxylic acid groups (broad SMARTS) is 1. The van der Waals surface area contributed by atoms with Crippen molar-refractivity contribution in [2.45, 2.75) is 47.2 Å². The lowest BCUT2D eigenvalue weighted by Crippen LogP contribution is -2.20. The number of hydrogen-bond acceptors (Lipinski definition) is 4. The molecule has 2 heterocycles. The Balaban J connectivity index is 2.07. The van der Waals surface area contributed by atoms with E-state index in [1.807, 2.05) is 32.3 Å². The van der Waals surface area contributed by atoms with Crippen LogP contribution >= 0.6 is 0 Å². The van der Waals surface area contributed by atoms with E-state index in [1.54, 1.807) is 16.8 Å². The number of nitrogens with zero attached hydrogens (tertiary/aromatic N) is 4. The maximum atomic E-state index is 12.8. The van der Waals surface area contributed by atoms with E-state index in [-0.39, 0.29) is 11.5 Å². The molecule has 0 saturated heterocycles. The molecule has 0 saturated carbocycles. The highest BCUT2D eigenvalue weighted by atomic mass is 16.4. The third-order valence-electron chi connectivity index (χ3n) is 4.39. The number of imidazole rings is 1. The van der Waals surface area contributed by atoms with Crippen LogP contribution in [-0.2, 0) is 13.1 Å². The first-order valence-electron chi connectivity index (χ1n) is 8.95. The molecular weight excluding hydrogens is 346 g/mol. The van der Waals surface area contributed by atoms with Gasteiger partial charge in [-0.05, 0) is 51.0 Å². The van der Waals surface area contributed by atoms with Crippen LogP contribution in [0.3, 0.4) is 0 Å². The van der Waals surface area contributed by atoms with Crippen molar-refractivity contribution in [2.24, 2.45) is 0 Å². The monoisotopic (exact) mass is 369 g/mol. The van der Waals surface area contributed by atoms with Crippen molar-refractivity contribution >= 4 is 28.9 Å². The molecule has 0 aliphatic heterocycles. The van der Waals surface area contributed by atoms with Gasteiger partial charge in [0, 0.05) is 13.1 Å². The summed E-state index contributed by atoms with van der Waals surface area (Å²) in [5.74, 6) is -0.886. The van der Waals surface area contributed by atoms with Gasteiger partial charge in [-0.15, -0.1) is 0 Å². The van der Waals surface area contributed by atoms with Gasteiger partial charge in [-0.1, -0.05) is 6.92 Å². The molecule has 0 unspecified atom stereocenters. The zero-order valence-corrected chi connectivity index (χ0v) is 15.9. The van der Waals surface area contributed by atoms with Gasteiger partial charge in [0.25, 0.3) is 5.91 Å². The topological polar surface area (TPSA) is 102 Å². The van der Waals surface area contributed by atoms with Gasteiger partial charge in [0.1, 0.15) is 5.69 Å². The van der Waals surface area contributed by atoms with Crippen molar-refractivity contribution < 1.29 is 14.7 Å². The van der Waals surface area contributed by atoms with Gasteiger partial charge in [-0.3, -0.25) is 14.8 Å². The van der Waals surface area contributed by atoms with Crippen LogP contribution in [0.5, 0.6) is 0 Å². The summed E-state index contributed by atoms with van der Waals surface area (Å²) in [5.41, 5.74) is 3.60. The second kappa shape index (κ2) is 7.22. The zero-order valence-electron chi connectivity index (χ0n) is 15.9. The minimum atomic E-state index is -1.00. The second-order valence-corrected chi connectivity index (χ2v) is 6.49. The van der Waals surface area contributed by atoms with Gasteiger partial charge in [-0.25, -0.2) is 9.78 Å². The fourth-order valence-electron chi connectivity index (χ4n) is 3.27. The average Bonchev–Trinajstić information content (AvgIpc) is 3.16. The number of carbonyl (C=O) groups is 2. The summed E-state index contributed by atoms with van der Waals surface area (Å²) in [7, 11) is 0. The summed E-state index contributed by atoms with van der Waals surface area (Å²) in [6.45, 7) is 8.89. The number of fused-ring (bicyclic) bond motifs is 1. The van der Waals surface area contributed by atoms with Crippen molar-refractivity contribution in [1.82, 2.24) is 19.3 Å². The molecule has 0 bridgehead atoms. The second-order valence-electron chi connectivity index (χ2n) is 6.49. The van der Waals surface area contributed by atoms with E-state index in [0.717, 1.165) is 23.2 Å². The molecule has 2 aromatic heterocycles. The first-order valence-corrected chi connectivity index (χ1v) is 8.95. The molecule has 0 aliphatic carbocycles. The van der Waals surface area contributed by atoms with Gasteiger partial charge < -0.3 is 9.67 Å². The van der Waals surface area contributed by atoms with Crippen LogP contribution < -0.4 is 5.32 Å². The average molecular weight is 369 g/mol. The largest absolute Gasteiger partial charge is 0.478 e. The standard InChI is InChI=1S/C19H23N5O3/c1-5-7-23-16-11(3)8-13(18(26)27)10-14(16)20-19(23)21-17(25)15-9-12(4)22-24(15)6-2/h8-10H,5-7H2,1-4H3,(H,26,27)(H,20,21,25). The highest BCUT2D eigenvalue weighted by Crippen LogP contribution is 2.26. The lowest BCUT2D eigenvalue weighted by Gasteiger charge is -2.10. The third-order valence-corrected chi connectivity index (χ3v) is 4.39. The van der Waals surface area contributed by atoms with Gasteiger partial charge in [0.2, 0.25) is 5.95 Å². The Labute approximate surface area is 156 Å². The Hall–Kier alpha value is -3.16. The van der Waals surface area contributed by atoms with Gasteiger partial charge in [0.15, 0.2) is 0 Å². The normalized spacial score (nSPS) is 11.1. The fourth-order valence-corrected chi connectivity index (χ4v) is 3.27. The summed E-state index contributed by atoms with van der Waals surface area (Å²) in [6, 6.07) is 4.89. The Morgan fingerprint density at radius 3 is 2.56 bits per heavy atom. The number of carboxylic acids is 1. The van der Waals surface area contributed by atoms with Crippen LogP contribution in [0.25, 0.3) is 11.0 Å². The molecule has 0 radical (unpaired) electrons. The molecular formula is C19H23N5O3. The predicted molar refractivity (Wildman–Crippen MR) is 102 cm³/mol. The van der Waals surface area contributed by atoms with Crippen molar-refractivity contribution in [3.8, 4) is 0 Å². The maximum absolute atomic E-state index is 12.8. The zero-order chi connectivity index (χ0) is 19.7. The minimum Gasteiger partial charge on any atom is -0.478 e. The quantitative estimate of drug-likeness (QED) is 0.694. The van der Waals surface area contributed by atoms with Crippen LogP contribution in [0.4, 0.5) is 5.95 Å². The number of aromatic nitrogens is 4. The minimum absolute atomic E-state index is 0.179. The van der Waals surface area contributed by atoms with Crippen LogP contribution in [-0.4, -0.2) is 36.3 Å². The Kier molecular flexibility index (Phi) is 4.98. The van der Waals surface area contributed by atoms with Gasteiger partial charge >= 0.3 is 5.97 Å². The van der Waals surface area contributed by atoms with Crippen molar-refractivity contribution in [3.63, 3.8) is 0 Å². The molecule has 1 aromatic carbocycles. The number of nitrogens with one attached hydrogen (secondary N) is 1. The van der Waals surface area contributed by atoms with Crippen molar-refractivity contribution in [1.29, 1.82) is 0 Å². The first kappa shape index (κ1) is 18.6. The number of benzene rings is 1. The summed E-state index contributed by atoms with van der Waals surface area (Å²) in [5, 5.41) is 16.5. The van der Waals surface area contributed by atoms with Crippen LogP contribution in [0, 0.1) is 13.8 Å². The molecule has 3 aromatic rings. The summed E-state index contributed by atoms with van der Waals surface area (Å²) in [6.07, 6.45) is 0.848. The Bertz CT molecular complexity index is 1030. The molecule has 1 amide bonds. The molecule has 0 spiro atoms. The van der Waals surface area contributed by atoms with E-state index in [1.165, 1.54) is 6.07 Å². The summed E-state index contributed by atoms with van der Waals surface area (Å²) < 4.78 is 3.57. The number of aryl methyl sites for hydroxylation is 4. The smallest absolute Gasteiger partial charge is 0.335 e. The van der Waals surface area contributed by atoms with Crippen LogP contribution in [0.1, 0.15) is 52.4 Å². The van der Waals surface area contributed by atoms with E-state index in [9.17, 15) is 14.7 Å². The molecule has 0 aliphatic rings. The molecule has 0 fully saturated rings. The molecule has 8 heteroatoms. The number of anilines is 1. The summed E-state index contributed by atoms with van der Waals surface area (Å²) >= 11 is 0. The number of amides is 1. The van der Waals surface area contributed by atoms with E-state index in [4.69, 9.17) is 0 Å². The molecule has 0 atom stereocenters. The van der Waals surface area contributed by atoms with Gasteiger partial charge in [0.05, 0.1) is 22.3 Å². The van der Waals surface area contributed by atoms with Crippen molar-refractivity contribution in [2.75, 3.05) is 5.32 Å². The molecule has 8 nitrogen and oxygen atoms in total. The fraction of sp³-hybridized carbons (Fsp3) is 0.368. The van der Waals surface area contributed by atoms with E-state index in [2.05, 4.69) is 15.4 Å². The number of rotatable bonds is 6. The highest BCUT2D eigenvalue weighted by Gasteiger charge is 2.19. The van der Waals surface area contributed by atoms with Crippen LogP contribution in [0.15, 0.2) is 18.2 Å². The maximum Gasteiger partial charge on any atom is 0.335 e. The van der Waals surface area contributed by atoms with E-state index < -0.39 is 5.97 Å². The number of carbonyl (C=O) groups excluding carboxylic acids is 1. The lowest BCUT2D eigenvalue weighted by atomic mass is 10.1. The molecule has 2 N–H and O–H groups in total. The van der Waals surface area contributed by atoms with E-state index >= 15 is 0 Å². The Morgan fingerprint density at radius 1 is 1.19 bits per heavy atom. The third kappa shape index (κ3) is 3.42. The first-order chi connectivity index (χ1) is 12.8. The SMILES string of the molecule is CCCn1c(NC(=O)c2cc(C)nn2CC)nc2cc(C(=O)O)cc(C)c21. The van der Waals surface area contributed by atoms with Crippen molar-refractivity contribution in [3.05, 3.63) is 40.7 Å². The van der Waals surface area contributed by atoms with E-state index in [0.29, 0.717) is 30.2 Å². The number of hydrogen-bond donors (Lipinski definition) is 2. The lowest BCUT2D eigenvalue weighted by molar-refractivity contribution is 0.0696.